The zero-order chi connectivity index (χ0) is 15.2. The lowest BCUT2D eigenvalue weighted by atomic mass is 10.0. The van der Waals surface area contributed by atoms with E-state index in [1.165, 1.54) is 12.1 Å². The second kappa shape index (κ2) is 7.24. The van der Waals surface area contributed by atoms with Crippen molar-refractivity contribution in [2.24, 2.45) is 0 Å². The Hall–Kier alpha value is -1.85. The van der Waals surface area contributed by atoms with Crippen LogP contribution < -0.4 is 5.32 Å². The van der Waals surface area contributed by atoms with Crippen molar-refractivity contribution in [1.82, 2.24) is 5.32 Å². The van der Waals surface area contributed by atoms with Crippen LogP contribution in [0.1, 0.15) is 30.5 Å². The number of hydrogen-bond donors (Lipinski definition) is 1. The van der Waals surface area contributed by atoms with Gasteiger partial charge in [0, 0.05) is 23.7 Å². The highest BCUT2D eigenvalue weighted by molar-refractivity contribution is 6.29. The predicted octanol–water partition coefficient (Wildman–Crippen LogP) is 4.12. The number of furan rings is 1. The number of non-ortho nitro benzene ring substituents is 1. The summed E-state index contributed by atoms with van der Waals surface area (Å²) in [6.07, 6.45) is 3.26. The van der Waals surface area contributed by atoms with E-state index in [-0.39, 0.29) is 11.7 Å². The summed E-state index contributed by atoms with van der Waals surface area (Å²) in [5.41, 5.74) is 2.01. The minimum absolute atomic E-state index is 0.0256. The molecule has 1 aromatic heterocycles. The summed E-state index contributed by atoms with van der Waals surface area (Å²) in [4.78, 5) is 10.3. The van der Waals surface area contributed by atoms with E-state index in [9.17, 15) is 10.1 Å². The van der Waals surface area contributed by atoms with E-state index in [0.29, 0.717) is 11.6 Å². The van der Waals surface area contributed by atoms with Crippen molar-refractivity contribution >= 4 is 17.3 Å². The number of halogens is 1. The van der Waals surface area contributed by atoms with Crippen LogP contribution in [0.25, 0.3) is 0 Å². The molecule has 2 aromatic rings. The Bertz CT molecular complexity index is 595. The molecule has 0 aliphatic heterocycles. The van der Waals surface area contributed by atoms with Gasteiger partial charge in [0.15, 0.2) is 5.22 Å². The predicted molar refractivity (Wildman–Crippen MR) is 81.6 cm³/mol. The lowest BCUT2D eigenvalue weighted by Crippen LogP contribution is -2.24. The molecular formula is C15H17ClN2O3. The fraction of sp³-hybridized carbons (Fsp3) is 0.333. The Labute approximate surface area is 128 Å². The Morgan fingerprint density at radius 3 is 2.57 bits per heavy atom. The van der Waals surface area contributed by atoms with Gasteiger partial charge in [-0.1, -0.05) is 19.1 Å². The molecule has 1 heterocycles. The van der Waals surface area contributed by atoms with Gasteiger partial charge < -0.3 is 9.73 Å². The van der Waals surface area contributed by atoms with Crippen LogP contribution in [0.2, 0.25) is 5.22 Å². The monoisotopic (exact) mass is 308 g/mol. The molecule has 0 amide bonds. The number of hydrogen-bond acceptors (Lipinski definition) is 4. The maximum absolute atomic E-state index is 10.7. The summed E-state index contributed by atoms with van der Waals surface area (Å²) >= 11 is 6.05. The SMILES string of the molecule is CCCNC(Cc1ccc([N+](=O)[O-])cc1)c1ccoc1Cl. The number of benzene rings is 1. The molecule has 0 aliphatic rings. The Balaban J connectivity index is 2.14. The molecule has 0 bridgehead atoms. The molecule has 5 nitrogen and oxygen atoms in total. The van der Waals surface area contributed by atoms with Crippen LogP contribution in [0, 0.1) is 10.1 Å². The molecule has 21 heavy (non-hydrogen) atoms. The molecule has 0 spiro atoms. The average Bonchev–Trinajstić information content (AvgIpc) is 2.90. The lowest BCUT2D eigenvalue weighted by Gasteiger charge is -2.17. The van der Waals surface area contributed by atoms with E-state index in [4.69, 9.17) is 16.0 Å². The summed E-state index contributed by atoms with van der Waals surface area (Å²) in [5, 5.41) is 14.5. The smallest absolute Gasteiger partial charge is 0.269 e. The third-order valence-corrected chi connectivity index (χ3v) is 3.56. The van der Waals surface area contributed by atoms with Gasteiger partial charge in [-0.05, 0) is 42.6 Å². The van der Waals surface area contributed by atoms with Crippen LogP contribution in [-0.4, -0.2) is 11.5 Å². The minimum Gasteiger partial charge on any atom is -0.453 e. The summed E-state index contributed by atoms with van der Waals surface area (Å²) in [6.45, 7) is 2.95. The maximum atomic E-state index is 10.7. The van der Waals surface area contributed by atoms with Gasteiger partial charge in [0.25, 0.3) is 5.69 Å². The van der Waals surface area contributed by atoms with Gasteiger partial charge in [-0.25, -0.2) is 0 Å². The summed E-state index contributed by atoms with van der Waals surface area (Å²) in [6, 6.07) is 8.45. The first-order chi connectivity index (χ1) is 10.1. The molecule has 0 aliphatic carbocycles. The van der Waals surface area contributed by atoms with Crippen molar-refractivity contribution in [3.63, 3.8) is 0 Å². The van der Waals surface area contributed by atoms with E-state index in [1.54, 1.807) is 18.4 Å². The number of rotatable bonds is 7. The molecule has 0 saturated heterocycles. The van der Waals surface area contributed by atoms with Gasteiger partial charge in [-0.15, -0.1) is 0 Å². The fourth-order valence-corrected chi connectivity index (χ4v) is 2.40. The molecule has 1 N–H and O–H groups in total. The fourth-order valence-electron chi connectivity index (χ4n) is 2.15. The standard InChI is InChI=1S/C15H17ClN2O3/c1-2-8-17-14(13-7-9-21-15(13)16)10-11-3-5-12(6-4-11)18(19)20/h3-7,9,14,17H,2,8,10H2,1H3. The molecule has 0 saturated carbocycles. The largest absolute Gasteiger partial charge is 0.453 e. The lowest BCUT2D eigenvalue weighted by molar-refractivity contribution is -0.384. The van der Waals surface area contributed by atoms with Crippen LogP contribution in [0.3, 0.4) is 0 Å². The number of nitrogens with one attached hydrogen (secondary N) is 1. The van der Waals surface area contributed by atoms with Crippen molar-refractivity contribution in [2.45, 2.75) is 25.8 Å². The highest BCUT2D eigenvalue weighted by Gasteiger charge is 2.17. The van der Waals surface area contributed by atoms with E-state index in [2.05, 4.69) is 12.2 Å². The summed E-state index contributed by atoms with van der Waals surface area (Å²) in [7, 11) is 0. The second-order valence-electron chi connectivity index (χ2n) is 4.78. The van der Waals surface area contributed by atoms with Crippen molar-refractivity contribution in [3.8, 4) is 0 Å². The van der Waals surface area contributed by atoms with E-state index >= 15 is 0 Å². The highest BCUT2D eigenvalue weighted by Crippen LogP contribution is 2.27. The zero-order valence-electron chi connectivity index (χ0n) is 11.7. The van der Waals surface area contributed by atoms with E-state index in [1.807, 2.05) is 6.07 Å². The first-order valence-corrected chi connectivity index (χ1v) is 7.19. The van der Waals surface area contributed by atoms with Gasteiger partial charge in [-0.3, -0.25) is 10.1 Å². The van der Waals surface area contributed by atoms with Crippen LogP contribution >= 0.6 is 11.6 Å². The normalized spacial score (nSPS) is 12.3. The van der Waals surface area contributed by atoms with Crippen LogP contribution in [-0.2, 0) is 6.42 Å². The van der Waals surface area contributed by atoms with Gasteiger partial charge in [0.05, 0.1) is 11.2 Å². The highest BCUT2D eigenvalue weighted by atomic mass is 35.5. The van der Waals surface area contributed by atoms with Gasteiger partial charge in [0.1, 0.15) is 0 Å². The second-order valence-corrected chi connectivity index (χ2v) is 5.13. The maximum Gasteiger partial charge on any atom is 0.269 e. The number of nitro groups is 1. The third kappa shape index (κ3) is 4.06. The Morgan fingerprint density at radius 2 is 2.05 bits per heavy atom. The molecule has 112 valence electrons. The molecule has 1 unspecified atom stereocenters. The van der Waals surface area contributed by atoms with Crippen molar-refractivity contribution in [2.75, 3.05) is 6.54 Å². The molecule has 0 radical (unpaired) electrons. The van der Waals surface area contributed by atoms with Gasteiger partial charge in [0.2, 0.25) is 0 Å². The average molecular weight is 309 g/mol. The van der Waals surface area contributed by atoms with Crippen LogP contribution in [0.15, 0.2) is 41.0 Å². The van der Waals surface area contributed by atoms with E-state index in [0.717, 1.165) is 24.1 Å². The Morgan fingerprint density at radius 1 is 1.33 bits per heavy atom. The molecule has 0 fully saturated rings. The summed E-state index contributed by atoms with van der Waals surface area (Å²) in [5.74, 6) is 0. The van der Waals surface area contributed by atoms with Crippen molar-refractivity contribution in [3.05, 3.63) is 63.1 Å². The first kappa shape index (κ1) is 15.5. The molecule has 1 atom stereocenters. The molecule has 6 heteroatoms. The quantitative estimate of drug-likeness (QED) is 0.617. The minimum atomic E-state index is -0.399. The zero-order valence-corrected chi connectivity index (χ0v) is 12.5. The van der Waals surface area contributed by atoms with Crippen molar-refractivity contribution < 1.29 is 9.34 Å². The van der Waals surface area contributed by atoms with Gasteiger partial charge in [-0.2, -0.15) is 0 Å². The molecular weight excluding hydrogens is 292 g/mol. The molecule has 2 rings (SSSR count). The summed E-state index contributed by atoms with van der Waals surface area (Å²) < 4.78 is 5.15. The molecule has 1 aromatic carbocycles. The van der Waals surface area contributed by atoms with Crippen molar-refractivity contribution in [1.29, 1.82) is 0 Å². The third-order valence-electron chi connectivity index (χ3n) is 3.25. The van der Waals surface area contributed by atoms with E-state index < -0.39 is 4.92 Å². The topological polar surface area (TPSA) is 68.3 Å². The Kier molecular flexibility index (Phi) is 5.36. The van der Waals surface area contributed by atoms with Crippen LogP contribution in [0.5, 0.6) is 0 Å². The first-order valence-electron chi connectivity index (χ1n) is 6.81. The number of nitro benzene ring substituents is 1. The van der Waals surface area contributed by atoms with Crippen LogP contribution in [0.4, 0.5) is 5.69 Å². The van der Waals surface area contributed by atoms with Gasteiger partial charge >= 0.3 is 0 Å². The number of nitrogens with zero attached hydrogens (tertiary/aromatic N) is 1.